The van der Waals surface area contributed by atoms with Crippen LogP contribution in [-0.2, 0) is 9.84 Å². The van der Waals surface area contributed by atoms with Crippen LogP contribution in [0.2, 0.25) is 0 Å². The summed E-state index contributed by atoms with van der Waals surface area (Å²) < 4.78 is 41.6. The number of halogens is 1. The fraction of sp³-hybridized carbons (Fsp3) is 0. The predicted molar refractivity (Wildman–Crippen MR) is 65.9 cm³/mol. The van der Waals surface area contributed by atoms with Crippen molar-refractivity contribution in [3.05, 3.63) is 58.9 Å². The molecule has 0 unspecified atom stereocenters. The van der Waals surface area contributed by atoms with Crippen LogP contribution in [0, 0.1) is 17.1 Å². The van der Waals surface area contributed by atoms with Crippen LogP contribution >= 0.6 is 0 Å². The first-order valence-corrected chi connectivity index (χ1v) is 6.68. The molecule has 0 aliphatic carbocycles. The van der Waals surface area contributed by atoms with Gasteiger partial charge in [-0.3, -0.25) is 0 Å². The Hall–Kier alpha value is -2.39. The topological polar surface area (TPSA) is 71.1 Å². The molecule has 0 fully saturated rings. The summed E-state index contributed by atoms with van der Waals surface area (Å²) in [6.07, 6.45) is 2.37. The normalized spacial score (nSPS) is 12.1. The molecule has 0 radical (unpaired) electrons. The monoisotopic (exact) mass is 277 g/mol. The minimum absolute atomic E-state index is 0.303. The van der Waals surface area contributed by atoms with Crippen molar-refractivity contribution in [3.8, 4) is 6.07 Å². The number of sulfone groups is 1. The summed E-state index contributed by atoms with van der Waals surface area (Å²) in [6.45, 7) is 0. The number of nitrogens with zero attached hydrogens (tertiary/aromatic N) is 1. The van der Waals surface area contributed by atoms with E-state index in [-0.39, 0.29) is 5.09 Å². The number of hydrogen-bond acceptors (Lipinski definition) is 4. The molecule has 0 aliphatic rings. The van der Waals surface area contributed by atoms with E-state index >= 15 is 0 Å². The van der Waals surface area contributed by atoms with Gasteiger partial charge in [0.25, 0.3) is 0 Å². The van der Waals surface area contributed by atoms with Crippen LogP contribution in [0.15, 0.2) is 57.1 Å². The van der Waals surface area contributed by atoms with Crippen molar-refractivity contribution in [1.82, 2.24) is 0 Å². The minimum atomic E-state index is -3.98. The highest BCUT2D eigenvalue weighted by atomic mass is 32.2. The molecule has 1 aromatic carbocycles. The van der Waals surface area contributed by atoms with Crippen molar-refractivity contribution in [1.29, 1.82) is 5.26 Å². The van der Waals surface area contributed by atoms with Crippen LogP contribution in [0.5, 0.6) is 0 Å². The summed E-state index contributed by atoms with van der Waals surface area (Å²) in [5.74, 6) is -0.440. The standard InChI is InChI=1S/C13H8FNO3S/c14-11-5-3-10(4-6-11)8-12(9-15)19(16,17)13-2-1-7-18-13/h1-8H/b12-8+. The zero-order valence-corrected chi connectivity index (χ0v) is 10.4. The Morgan fingerprint density at radius 3 is 2.47 bits per heavy atom. The van der Waals surface area contributed by atoms with E-state index in [0.29, 0.717) is 5.56 Å². The fourth-order valence-corrected chi connectivity index (χ4v) is 2.47. The third-order valence-corrected chi connectivity index (χ3v) is 3.88. The lowest BCUT2D eigenvalue weighted by Gasteiger charge is -1.99. The van der Waals surface area contributed by atoms with Crippen LogP contribution in [0.25, 0.3) is 6.08 Å². The molecule has 1 heterocycles. The SMILES string of the molecule is N#C/C(=C\c1ccc(F)cc1)S(=O)(=O)c1ccco1. The van der Waals surface area contributed by atoms with Gasteiger partial charge in [0.15, 0.2) is 4.91 Å². The minimum Gasteiger partial charge on any atom is -0.453 e. The van der Waals surface area contributed by atoms with E-state index in [0.717, 1.165) is 6.08 Å². The van der Waals surface area contributed by atoms with Gasteiger partial charge in [-0.1, -0.05) is 12.1 Å². The van der Waals surface area contributed by atoms with Crippen molar-refractivity contribution < 1.29 is 17.2 Å². The molecule has 0 spiro atoms. The molecular weight excluding hydrogens is 269 g/mol. The van der Waals surface area contributed by atoms with Crippen LogP contribution in [0.3, 0.4) is 0 Å². The quantitative estimate of drug-likeness (QED) is 0.809. The van der Waals surface area contributed by atoms with E-state index in [1.807, 2.05) is 0 Å². The highest BCUT2D eigenvalue weighted by Crippen LogP contribution is 2.21. The molecular formula is C13H8FNO3S. The van der Waals surface area contributed by atoms with Crippen molar-refractivity contribution in [3.63, 3.8) is 0 Å². The summed E-state index contributed by atoms with van der Waals surface area (Å²) in [4.78, 5) is -0.464. The first-order valence-electron chi connectivity index (χ1n) is 5.20. The summed E-state index contributed by atoms with van der Waals surface area (Å²) in [7, 11) is -3.98. The third-order valence-electron chi connectivity index (χ3n) is 2.33. The van der Waals surface area contributed by atoms with Crippen molar-refractivity contribution >= 4 is 15.9 Å². The zero-order valence-electron chi connectivity index (χ0n) is 9.58. The second-order valence-corrected chi connectivity index (χ2v) is 5.46. The van der Waals surface area contributed by atoms with Gasteiger partial charge in [0.2, 0.25) is 14.9 Å². The summed E-state index contributed by atoms with van der Waals surface area (Å²) in [5.41, 5.74) is 0.410. The fourth-order valence-electron chi connectivity index (χ4n) is 1.41. The van der Waals surface area contributed by atoms with E-state index in [4.69, 9.17) is 9.68 Å². The van der Waals surface area contributed by atoms with Crippen LogP contribution in [0.4, 0.5) is 4.39 Å². The molecule has 0 bridgehead atoms. The highest BCUT2D eigenvalue weighted by Gasteiger charge is 2.23. The van der Waals surface area contributed by atoms with E-state index < -0.39 is 20.6 Å². The number of rotatable bonds is 3. The molecule has 0 N–H and O–H groups in total. The van der Waals surface area contributed by atoms with Crippen LogP contribution in [-0.4, -0.2) is 8.42 Å². The molecule has 0 aliphatic heterocycles. The molecule has 2 aromatic rings. The van der Waals surface area contributed by atoms with E-state index in [1.165, 1.54) is 42.7 Å². The van der Waals surface area contributed by atoms with Gasteiger partial charge in [-0.2, -0.15) is 5.26 Å². The molecule has 96 valence electrons. The lowest BCUT2D eigenvalue weighted by Crippen LogP contribution is -2.02. The lowest BCUT2D eigenvalue weighted by molar-refractivity contribution is 0.452. The Balaban J connectivity index is 2.47. The zero-order chi connectivity index (χ0) is 13.9. The van der Waals surface area contributed by atoms with Gasteiger partial charge < -0.3 is 4.42 Å². The first-order chi connectivity index (χ1) is 9.04. The summed E-state index contributed by atoms with van der Waals surface area (Å²) in [6, 6.07) is 9.41. The average molecular weight is 277 g/mol. The molecule has 2 rings (SSSR count). The number of hydrogen-bond donors (Lipinski definition) is 0. The van der Waals surface area contributed by atoms with Gasteiger partial charge in [-0.15, -0.1) is 0 Å². The Labute approximate surface area is 109 Å². The van der Waals surface area contributed by atoms with E-state index in [9.17, 15) is 12.8 Å². The van der Waals surface area contributed by atoms with Gasteiger partial charge in [-0.05, 0) is 35.9 Å². The average Bonchev–Trinajstić information content (AvgIpc) is 2.92. The Morgan fingerprint density at radius 2 is 1.95 bits per heavy atom. The Kier molecular flexibility index (Phi) is 3.49. The number of nitriles is 1. The molecule has 1 aromatic heterocycles. The van der Waals surface area contributed by atoms with E-state index in [2.05, 4.69) is 0 Å². The van der Waals surface area contributed by atoms with Crippen LogP contribution in [0.1, 0.15) is 5.56 Å². The molecule has 0 atom stereocenters. The maximum absolute atomic E-state index is 12.7. The van der Waals surface area contributed by atoms with Crippen LogP contribution < -0.4 is 0 Å². The number of benzene rings is 1. The highest BCUT2D eigenvalue weighted by molar-refractivity contribution is 7.95. The molecule has 6 heteroatoms. The molecule has 4 nitrogen and oxygen atoms in total. The van der Waals surface area contributed by atoms with Crippen molar-refractivity contribution in [2.24, 2.45) is 0 Å². The predicted octanol–water partition coefficient (Wildman–Crippen LogP) is 2.76. The Bertz CT molecular complexity index is 738. The lowest BCUT2D eigenvalue weighted by atomic mass is 10.2. The Morgan fingerprint density at radius 1 is 1.26 bits per heavy atom. The van der Waals surface area contributed by atoms with Gasteiger partial charge in [0.05, 0.1) is 6.26 Å². The molecule has 19 heavy (non-hydrogen) atoms. The van der Waals surface area contributed by atoms with E-state index in [1.54, 1.807) is 6.07 Å². The maximum atomic E-state index is 12.7. The third kappa shape index (κ3) is 2.72. The molecule has 0 amide bonds. The van der Waals surface area contributed by atoms with Gasteiger partial charge in [0, 0.05) is 0 Å². The second-order valence-electron chi connectivity index (χ2n) is 3.61. The van der Waals surface area contributed by atoms with Gasteiger partial charge in [0.1, 0.15) is 11.9 Å². The largest absolute Gasteiger partial charge is 0.453 e. The maximum Gasteiger partial charge on any atom is 0.249 e. The first kappa shape index (κ1) is 13.1. The second kappa shape index (κ2) is 5.08. The molecule has 0 saturated heterocycles. The summed E-state index contributed by atoms with van der Waals surface area (Å²) in [5, 5.41) is 8.66. The molecule has 0 saturated carbocycles. The van der Waals surface area contributed by atoms with Crippen molar-refractivity contribution in [2.45, 2.75) is 5.09 Å². The smallest absolute Gasteiger partial charge is 0.249 e. The number of furan rings is 1. The summed E-state index contributed by atoms with van der Waals surface area (Å²) >= 11 is 0. The van der Waals surface area contributed by atoms with Gasteiger partial charge in [-0.25, -0.2) is 12.8 Å². The van der Waals surface area contributed by atoms with Crippen molar-refractivity contribution in [2.75, 3.05) is 0 Å². The number of allylic oxidation sites excluding steroid dienone is 1. The van der Waals surface area contributed by atoms with Gasteiger partial charge >= 0.3 is 0 Å².